The molecule has 11 heteroatoms. The largest absolute Gasteiger partial charge is 0.472 e. The van der Waals surface area contributed by atoms with Gasteiger partial charge in [0, 0.05) is 31.4 Å². The quantitative estimate of drug-likeness (QED) is 0.824. The topological polar surface area (TPSA) is 84.4 Å². The van der Waals surface area contributed by atoms with E-state index >= 15 is 0 Å². The summed E-state index contributed by atoms with van der Waals surface area (Å²) in [6.45, 7) is 1.09. The summed E-state index contributed by atoms with van der Waals surface area (Å²) in [5.74, 6) is 0.717. The van der Waals surface area contributed by atoms with Crippen molar-refractivity contribution in [1.29, 1.82) is 0 Å². The predicted molar refractivity (Wildman–Crippen MR) is 91.0 cm³/mol. The number of nitrogens with one attached hydrogen (secondary N) is 1. The van der Waals surface area contributed by atoms with Gasteiger partial charge >= 0.3 is 6.18 Å². The Hall–Kier alpha value is -2.40. The molecule has 0 aliphatic carbocycles. The van der Waals surface area contributed by atoms with E-state index in [1.807, 2.05) is 4.90 Å². The summed E-state index contributed by atoms with van der Waals surface area (Å²) in [6.07, 6.45) is -2.04. The Kier molecular flexibility index (Phi) is 5.24. The highest BCUT2D eigenvalue weighted by molar-refractivity contribution is 7.89. The molecule has 1 atom stereocenters. The zero-order valence-electron chi connectivity index (χ0n) is 14.3. The predicted octanol–water partition coefficient (Wildman–Crippen LogP) is 2.06. The van der Waals surface area contributed by atoms with Gasteiger partial charge in [-0.3, -0.25) is 0 Å². The molecule has 1 fully saturated rings. The molecule has 27 heavy (non-hydrogen) atoms. The number of aromatic nitrogens is 2. The van der Waals surface area contributed by atoms with Gasteiger partial charge in [0.05, 0.1) is 12.1 Å². The third kappa shape index (κ3) is 4.48. The van der Waals surface area contributed by atoms with E-state index in [2.05, 4.69) is 14.7 Å². The Morgan fingerprint density at radius 1 is 1.19 bits per heavy atom. The molecule has 146 valence electrons. The molecular formula is C16H17F3N4O3S. The van der Waals surface area contributed by atoms with Gasteiger partial charge in [0.2, 0.25) is 15.9 Å². The average Bonchev–Trinajstić information content (AvgIpc) is 3.10. The SMILES string of the molecule is CNS(=O)(=O)c1ccc(N2CCC(Oc3ccc(C(F)(F)F)cn3)C2)nc1. The molecule has 3 heterocycles. The zero-order valence-corrected chi connectivity index (χ0v) is 15.1. The Labute approximate surface area is 154 Å². The van der Waals surface area contributed by atoms with Crippen LogP contribution in [0.2, 0.25) is 0 Å². The van der Waals surface area contributed by atoms with E-state index < -0.39 is 21.8 Å². The van der Waals surface area contributed by atoms with Crippen molar-refractivity contribution in [3.8, 4) is 5.88 Å². The van der Waals surface area contributed by atoms with E-state index in [4.69, 9.17) is 4.74 Å². The number of alkyl halides is 3. The van der Waals surface area contributed by atoms with Crippen LogP contribution in [0.4, 0.5) is 19.0 Å². The first kappa shape index (κ1) is 19.4. The van der Waals surface area contributed by atoms with Crippen molar-refractivity contribution >= 4 is 15.8 Å². The first-order chi connectivity index (χ1) is 12.7. The highest BCUT2D eigenvalue weighted by Crippen LogP contribution is 2.29. The van der Waals surface area contributed by atoms with Crippen LogP contribution < -0.4 is 14.4 Å². The summed E-state index contributed by atoms with van der Waals surface area (Å²) >= 11 is 0. The van der Waals surface area contributed by atoms with E-state index in [1.165, 1.54) is 25.4 Å². The van der Waals surface area contributed by atoms with E-state index in [-0.39, 0.29) is 16.9 Å². The van der Waals surface area contributed by atoms with Crippen LogP contribution in [-0.4, -0.2) is 44.6 Å². The van der Waals surface area contributed by atoms with Gasteiger partial charge in [0.25, 0.3) is 0 Å². The molecule has 1 saturated heterocycles. The second-order valence-electron chi connectivity index (χ2n) is 5.92. The first-order valence-corrected chi connectivity index (χ1v) is 9.52. The van der Waals surface area contributed by atoms with Crippen LogP contribution in [0.1, 0.15) is 12.0 Å². The van der Waals surface area contributed by atoms with Gasteiger partial charge in [-0.25, -0.2) is 23.1 Å². The maximum Gasteiger partial charge on any atom is 0.417 e. The van der Waals surface area contributed by atoms with E-state index in [9.17, 15) is 21.6 Å². The maximum atomic E-state index is 12.6. The lowest BCUT2D eigenvalue weighted by atomic mass is 10.3. The molecule has 3 rings (SSSR count). The van der Waals surface area contributed by atoms with Crippen molar-refractivity contribution in [2.75, 3.05) is 25.0 Å². The number of sulfonamides is 1. The number of pyridine rings is 2. The van der Waals surface area contributed by atoms with Crippen molar-refractivity contribution in [2.24, 2.45) is 0 Å². The van der Waals surface area contributed by atoms with Crippen LogP contribution in [0.3, 0.4) is 0 Å². The standard InChI is InChI=1S/C16H17F3N4O3S/c1-20-27(24,25)13-3-4-14(21-9-13)23-7-6-12(10-23)26-15-5-2-11(8-22-15)16(17,18)19/h2-5,8-9,12,20H,6-7,10H2,1H3. The van der Waals surface area contributed by atoms with E-state index in [0.717, 1.165) is 12.3 Å². The smallest absolute Gasteiger partial charge is 0.417 e. The molecule has 1 aliphatic heterocycles. The third-order valence-corrected chi connectivity index (χ3v) is 5.52. The fraction of sp³-hybridized carbons (Fsp3) is 0.375. The van der Waals surface area contributed by atoms with Crippen molar-refractivity contribution in [3.63, 3.8) is 0 Å². The van der Waals surface area contributed by atoms with Gasteiger partial charge in [-0.1, -0.05) is 0 Å². The monoisotopic (exact) mass is 402 g/mol. The lowest BCUT2D eigenvalue weighted by Crippen LogP contribution is -2.25. The van der Waals surface area contributed by atoms with Crippen LogP contribution >= 0.6 is 0 Å². The Balaban J connectivity index is 1.62. The summed E-state index contributed by atoms with van der Waals surface area (Å²) in [4.78, 5) is 9.84. The summed E-state index contributed by atoms with van der Waals surface area (Å²) in [7, 11) is -2.23. The fourth-order valence-electron chi connectivity index (χ4n) is 2.66. The lowest BCUT2D eigenvalue weighted by Gasteiger charge is -2.18. The molecule has 0 radical (unpaired) electrons. The molecule has 0 spiro atoms. The highest BCUT2D eigenvalue weighted by atomic mass is 32.2. The number of rotatable bonds is 5. The number of anilines is 1. The number of nitrogens with zero attached hydrogens (tertiary/aromatic N) is 3. The molecular weight excluding hydrogens is 385 g/mol. The maximum absolute atomic E-state index is 12.6. The van der Waals surface area contributed by atoms with Gasteiger partial charge in [0.1, 0.15) is 16.8 Å². The van der Waals surface area contributed by atoms with Crippen LogP contribution in [0.25, 0.3) is 0 Å². The van der Waals surface area contributed by atoms with Crippen molar-refractivity contribution < 1.29 is 26.3 Å². The minimum absolute atomic E-state index is 0.0645. The van der Waals surface area contributed by atoms with Crippen molar-refractivity contribution in [3.05, 3.63) is 42.2 Å². The number of hydrogen-bond acceptors (Lipinski definition) is 6. The summed E-state index contributed by atoms with van der Waals surface area (Å²) in [5, 5.41) is 0. The second-order valence-corrected chi connectivity index (χ2v) is 7.80. The summed E-state index contributed by atoms with van der Waals surface area (Å²) in [6, 6.07) is 5.18. The van der Waals surface area contributed by atoms with Gasteiger partial charge in [-0.15, -0.1) is 0 Å². The van der Waals surface area contributed by atoms with Crippen LogP contribution in [-0.2, 0) is 16.2 Å². The molecule has 2 aromatic heterocycles. The van der Waals surface area contributed by atoms with E-state index in [1.54, 1.807) is 6.07 Å². The molecule has 0 bridgehead atoms. The number of halogens is 3. The van der Waals surface area contributed by atoms with Crippen molar-refractivity contribution in [2.45, 2.75) is 23.6 Å². The second kappa shape index (κ2) is 7.31. The molecule has 0 saturated carbocycles. The minimum atomic E-state index is -4.44. The van der Waals surface area contributed by atoms with Crippen molar-refractivity contribution in [1.82, 2.24) is 14.7 Å². The fourth-order valence-corrected chi connectivity index (χ4v) is 3.33. The van der Waals surface area contributed by atoms with Gasteiger partial charge in [-0.2, -0.15) is 13.2 Å². The normalized spacial score (nSPS) is 17.9. The highest BCUT2D eigenvalue weighted by Gasteiger charge is 2.31. The molecule has 0 amide bonds. The third-order valence-electron chi connectivity index (χ3n) is 4.12. The van der Waals surface area contributed by atoms with Crippen LogP contribution in [0, 0.1) is 0 Å². The Morgan fingerprint density at radius 3 is 2.52 bits per heavy atom. The molecule has 2 aromatic rings. The molecule has 1 N–H and O–H groups in total. The van der Waals surface area contributed by atoms with Gasteiger partial charge in [0.15, 0.2) is 0 Å². The van der Waals surface area contributed by atoms with Crippen LogP contribution in [0.15, 0.2) is 41.6 Å². The van der Waals surface area contributed by atoms with Crippen LogP contribution in [0.5, 0.6) is 5.88 Å². The molecule has 7 nitrogen and oxygen atoms in total. The molecule has 0 aromatic carbocycles. The minimum Gasteiger partial charge on any atom is -0.472 e. The van der Waals surface area contributed by atoms with Gasteiger partial charge < -0.3 is 9.64 Å². The Bertz CT molecular complexity index is 887. The zero-order chi connectivity index (χ0) is 19.7. The first-order valence-electron chi connectivity index (χ1n) is 8.03. The summed E-state index contributed by atoms with van der Waals surface area (Å²) in [5.41, 5.74) is -0.830. The summed E-state index contributed by atoms with van der Waals surface area (Å²) < 4.78 is 68.9. The molecule has 1 unspecified atom stereocenters. The molecule has 1 aliphatic rings. The van der Waals surface area contributed by atoms with Gasteiger partial charge in [-0.05, 0) is 25.2 Å². The average molecular weight is 402 g/mol. The lowest BCUT2D eigenvalue weighted by molar-refractivity contribution is -0.137. The van der Waals surface area contributed by atoms with E-state index in [0.29, 0.717) is 25.3 Å². The number of ether oxygens (including phenoxy) is 1. The Morgan fingerprint density at radius 2 is 1.96 bits per heavy atom. The number of hydrogen-bond donors (Lipinski definition) is 1.